The van der Waals surface area contributed by atoms with Crippen molar-refractivity contribution in [2.24, 2.45) is 0 Å². The third kappa shape index (κ3) is 5.00. The molecular weight excluding hydrogens is 428 g/mol. The van der Waals surface area contributed by atoms with Crippen molar-refractivity contribution in [2.45, 2.75) is 50.0 Å². The quantitative estimate of drug-likeness (QED) is 0.659. The lowest BCUT2D eigenvalue weighted by atomic mass is 10.1. The lowest BCUT2D eigenvalue weighted by Gasteiger charge is -2.37. The van der Waals surface area contributed by atoms with Gasteiger partial charge in [-0.3, -0.25) is 14.5 Å². The standard InChI is InChI=1S/C23H34N4O4S/c1-19-7-9-20(10-8-19)32(30,31)27-13-5-6-21(27)23(29)26-16-14-24(15-17-26)18-22(28)25-11-3-2-4-12-25/h7-10,21H,2-6,11-18H2,1H3/t21-/m0/s1. The average Bonchev–Trinajstić information content (AvgIpc) is 3.31. The number of carbonyl (C=O) groups excluding carboxylic acids is 2. The van der Waals surface area contributed by atoms with Gasteiger partial charge in [0.15, 0.2) is 0 Å². The Bertz CT molecular complexity index is 920. The summed E-state index contributed by atoms with van der Waals surface area (Å²) in [4.78, 5) is 31.8. The minimum absolute atomic E-state index is 0.111. The van der Waals surface area contributed by atoms with Gasteiger partial charge in [-0.05, 0) is 51.2 Å². The zero-order chi connectivity index (χ0) is 22.7. The number of piperidine rings is 1. The first-order valence-corrected chi connectivity index (χ1v) is 13.2. The van der Waals surface area contributed by atoms with Crippen LogP contribution in [0.5, 0.6) is 0 Å². The predicted octanol–water partition coefficient (Wildman–Crippen LogP) is 1.30. The molecule has 1 aromatic carbocycles. The molecule has 0 radical (unpaired) electrons. The molecular formula is C23H34N4O4S. The van der Waals surface area contributed by atoms with E-state index in [9.17, 15) is 18.0 Å². The van der Waals surface area contributed by atoms with E-state index in [4.69, 9.17) is 0 Å². The van der Waals surface area contributed by atoms with Gasteiger partial charge in [0, 0.05) is 45.8 Å². The Kier molecular flexibility index (Phi) is 7.17. The average molecular weight is 463 g/mol. The maximum atomic E-state index is 13.2. The van der Waals surface area contributed by atoms with Crippen molar-refractivity contribution in [3.63, 3.8) is 0 Å². The molecule has 3 fully saturated rings. The monoisotopic (exact) mass is 462 g/mol. The van der Waals surface area contributed by atoms with Gasteiger partial charge in [-0.2, -0.15) is 4.31 Å². The molecule has 2 amide bonds. The van der Waals surface area contributed by atoms with E-state index in [1.54, 1.807) is 29.2 Å². The maximum Gasteiger partial charge on any atom is 0.243 e. The first-order chi connectivity index (χ1) is 15.4. The van der Waals surface area contributed by atoms with Crippen molar-refractivity contribution in [1.29, 1.82) is 0 Å². The van der Waals surface area contributed by atoms with Crippen LogP contribution in [0, 0.1) is 6.92 Å². The molecule has 0 saturated carbocycles. The molecule has 3 saturated heterocycles. The van der Waals surface area contributed by atoms with Gasteiger partial charge in [-0.15, -0.1) is 0 Å². The third-order valence-electron chi connectivity index (χ3n) is 6.87. The molecule has 3 aliphatic heterocycles. The van der Waals surface area contributed by atoms with Crippen LogP contribution in [0.15, 0.2) is 29.2 Å². The highest BCUT2D eigenvalue weighted by molar-refractivity contribution is 7.89. The summed E-state index contributed by atoms with van der Waals surface area (Å²) in [6.45, 7) is 6.73. The van der Waals surface area contributed by atoms with Gasteiger partial charge in [-0.1, -0.05) is 17.7 Å². The summed E-state index contributed by atoms with van der Waals surface area (Å²) in [6.07, 6.45) is 4.60. The van der Waals surface area contributed by atoms with E-state index < -0.39 is 16.1 Å². The van der Waals surface area contributed by atoms with Crippen LogP contribution < -0.4 is 0 Å². The van der Waals surface area contributed by atoms with Crippen LogP contribution in [0.1, 0.15) is 37.7 Å². The molecule has 3 aliphatic rings. The van der Waals surface area contributed by atoms with E-state index in [1.165, 1.54) is 10.7 Å². The lowest BCUT2D eigenvalue weighted by Crippen LogP contribution is -2.55. The number of nitrogens with zero attached hydrogens (tertiary/aromatic N) is 4. The fourth-order valence-electron chi connectivity index (χ4n) is 4.89. The Morgan fingerprint density at radius 3 is 2.16 bits per heavy atom. The normalized spacial score (nSPS) is 23.5. The largest absolute Gasteiger partial charge is 0.342 e. The van der Waals surface area contributed by atoms with Crippen LogP contribution in [0.25, 0.3) is 0 Å². The third-order valence-corrected chi connectivity index (χ3v) is 8.79. The topological polar surface area (TPSA) is 81.2 Å². The van der Waals surface area contributed by atoms with E-state index in [0.717, 1.165) is 31.5 Å². The number of piperazine rings is 1. The molecule has 176 valence electrons. The molecule has 0 bridgehead atoms. The number of rotatable bonds is 5. The minimum Gasteiger partial charge on any atom is -0.342 e. The van der Waals surface area contributed by atoms with E-state index in [1.807, 2.05) is 11.8 Å². The molecule has 4 rings (SSSR count). The molecule has 0 N–H and O–H groups in total. The number of hydrogen-bond donors (Lipinski definition) is 0. The molecule has 0 aliphatic carbocycles. The second kappa shape index (κ2) is 9.89. The number of amides is 2. The fraction of sp³-hybridized carbons (Fsp3) is 0.652. The van der Waals surface area contributed by atoms with Crippen LogP contribution >= 0.6 is 0 Å². The Labute approximate surface area is 191 Å². The van der Waals surface area contributed by atoms with Gasteiger partial charge in [-0.25, -0.2) is 8.42 Å². The van der Waals surface area contributed by atoms with E-state index >= 15 is 0 Å². The number of benzene rings is 1. The van der Waals surface area contributed by atoms with Crippen molar-refractivity contribution < 1.29 is 18.0 Å². The SMILES string of the molecule is Cc1ccc(S(=O)(=O)N2CCC[C@H]2C(=O)N2CCN(CC(=O)N3CCCCC3)CC2)cc1. The van der Waals surface area contributed by atoms with Crippen LogP contribution in [-0.4, -0.2) is 97.6 Å². The highest BCUT2D eigenvalue weighted by atomic mass is 32.2. The fourth-order valence-corrected chi connectivity index (χ4v) is 6.54. The highest BCUT2D eigenvalue weighted by Crippen LogP contribution is 2.28. The Balaban J connectivity index is 1.34. The molecule has 32 heavy (non-hydrogen) atoms. The van der Waals surface area contributed by atoms with Crippen molar-refractivity contribution in [3.05, 3.63) is 29.8 Å². The number of sulfonamides is 1. The summed E-state index contributed by atoms with van der Waals surface area (Å²) in [5.74, 6) is 0.0656. The van der Waals surface area contributed by atoms with Crippen LogP contribution in [0.2, 0.25) is 0 Å². The number of aryl methyl sites for hydroxylation is 1. The Morgan fingerprint density at radius 1 is 0.844 bits per heavy atom. The molecule has 0 unspecified atom stereocenters. The Hall–Kier alpha value is -1.97. The maximum absolute atomic E-state index is 13.2. The lowest BCUT2D eigenvalue weighted by molar-refractivity contribution is -0.137. The zero-order valence-electron chi connectivity index (χ0n) is 18.9. The van der Waals surface area contributed by atoms with Gasteiger partial charge in [0.2, 0.25) is 21.8 Å². The van der Waals surface area contributed by atoms with Crippen molar-refractivity contribution in [3.8, 4) is 0 Å². The van der Waals surface area contributed by atoms with Gasteiger partial charge in [0.05, 0.1) is 11.4 Å². The second-order valence-electron chi connectivity index (χ2n) is 9.13. The van der Waals surface area contributed by atoms with Crippen molar-refractivity contribution >= 4 is 21.8 Å². The minimum atomic E-state index is -3.70. The van der Waals surface area contributed by atoms with Crippen LogP contribution in [0.3, 0.4) is 0 Å². The summed E-state index contributed by atoms with van der Waals surface area (Å²) >= 11 is 0. The molecule has 1 aromatic rings. The molecule has 1 atom stereocenters. The predicted molar refractivity (Wildman–Crippen MR) is 122 cm³/mol. The first-order valence-electron chi connectivity index (χ1n) is 11.7. The first kappa shape index (κ1) is 23.2. The van der Waals surface area contributed by atoms with Crippen LogP contribution in [-0.2, 0) is 19.6 Å². The molecule has 0 aromatic heterocycles. The molecule has 9 heteroatoms. The van der Waals surface area contributed by atoms with Crippen molar-refractivity contribution in [2.75, 3.05) is 52.4 Å². The molecule has 0 spiro atoms. The summed E-state index contributed by atoms with van der Waals surface area (Å²) in [5.41, 5.74) is 0.995. The zero-order valence-corrected chi connectivity index (χ0v) is 19.7. The number of hydrogen-bond acceptors (Lipinski definition) is 5. The summed E-state index contributed by atoms with van der Waals surface area (Å²) in [6, 6.07) is 6.16. The molecule has 8 nitrogen and oxygen atoms in total. The van der Waals surface area contributed by atoms with Gasteiger partial charge in [0.1, 0.15) is 6.04 Å². The second-order valence-corrected chi connectivity index (χ2v) is 11.0. The highest BCUT2D eigenvalue weighted by Gasteiger charge is 2.41. The Morgan fingerprint density at radius 2 is 1.50 bits per heavy atom. The van der Waals surface area contributed by atoms with Crippen molar-refractivity contribution in [1.82, 2.24) is 19.0 Å². The number of carbonyl (C=O) groups is 2. The van der Waals surface area contributed by atoms with E-state index in [-0.39, 0.29) is 16.7 Å². The van der Waals surface area contributed by atoms with Gasteiger partial charge >= 0.3 is 0 Å². The smallest absolute Gasteiger partial charge is 0.243 e. The van der Waals surface area contributed by atoms with Crippen LogP contribution in [0.4, 0.5) is 0 Å². The van der Waals surface area contributed by atoms with Gasteiger partial charge in [0.25, 0.3) is 0 Å². The van der Waals surface area contributed by atoms with Gasteiger partial charge < -0.3 is 9.80 Å². The van der Waals surface area contributed by atoms with E-state index in [2.05, 4.69) is 4.90 Å². The summed E-state index contributed by atoms with van der Waals surface area (Å²) < 4.78 is 27.7. The van der Waals surface area contributed by atoms with E-state index in [0.29, 0.717) is 52.1 Å². The summed E-state index contributed by atoms with van der Waals surface area (Å²) in [7, 11) is -3.70. The summed E-state index contributed by atoms with van der Waals surface area (Å²) in [5, 5.41) is 0. The molecule has 3 heterocycles. The number of likely N-dealkylation sites (tertiary alicyclic amines) is 1.